The number of halogens is 2. The van der Waals surface area contributed by atoms with Gasteiger partial charge in [0.25, 0.3) is 0 Å². The van der Waals surface area contributed by atoms with Crippen molar-refractivity contribution in [1.82, 2.24) is 0 Å². The van der Waals surface area contributed by atoms with Gasteiger partial charge in [0.05, 0.1) is 53.4 Å². The van der Waals surface area contributed by atoms with Crippen molar-refractivity contribution in [2.45, 2.75) is 581 Å². The summed E-state index contributed by atoms with van der Waals surface area (Å²) >= 11 is 0. The lowest BCUT2D eigenvalue weighted by Gasteiger charge is -2.35. The van der Waals surface area contributed by atoms with Crippen LogP contribution >= 0.6 is 0 Å². The van der Waals surface area contributed by atoms with Gasteiger partial charge in [0.2, 0.25) is 0 Å². The first-order valence-corrected chi connectivity index (χ1v) is 49.0. The second-order valence-electron chi connectivity index (χ2n) is 35.2. The molecule has 0 bridgehead atoms. The molecule has 0 saturated carbocycles. The topological polar surface area (TPSA) is 0 Å². The van der Waals surface area contributed by atoms with E-state index in [9.17, 15) is 0 Å². The Bertz CT molecular complexity index is 1130. The quantitative estimate of drug-likeness (QED) is 0.0421. The summed E-state index contributed by atoms with van der Waals surface area (Å²) in [4.78, 5) is 0. The first kappa shape index (κ1) is 109. The van der Waals surface area contributed by atoms with E-state index >= 15 is 0 Å². The highest BCUT2D eigenvalue weighted by atomic mass is 79.9. The lowest BCUT2D eigenvalue weighted by Crippen LogP contribution is -3.00. The molecule has 0 aliphatic rings. The molecule has 620 valence electrons. The first-order chi connectivity index (χ1) is 49.4. The average Bonchev–Trinajstić information content (AvgIpc) is 0.921. The van der Waals surface area contributed by atoms with Crippen molar-refractivity contribution in [3.05, 3.63) is 0 Å². The van der Waals surface area contributed by atoms with Crippen molar-refractivity contribution >= 4 is 0 Å². The second kappa shape index (κ2) is 97.8. The van der Waals surface area contributed by atoms with Crippen LogP contribution in [0.15, 0.2) is 0 Å². The lowest BCUT2D eigenvalue weighted by atomic mass is 10.0. The fourth-order valence-electron chi connectivity index (χ4n) is 16.8. The lowest BCUT2D eigenvalue weighted by molar-refractivity contribution is -0.910. The number of hydrogen-bond donors (Lipinski definition) is 0. The Morgan fingerprint density at radius 2 is 0.167 bits per heavy atom. The summed E-state index contributed by atoms with van der Waals surface area (Å²) in [5.41, 5.74) is 0. The summed E-state index contributed by atoms with van der Waals surface area (Å²) in [6.45, 7) is 22.6. The largest absolute Gasteiger partial charge is 1.00 e. The van der Waals surface area contributed by atoms with Crippen LogP contribution in [0.5, 0.6) is 0 Å². The smallest absolute Gasteiger partial charge is 0.0784 e. The molecule has 0 saturated heterocycles. The molecule has 0 atom stereocenters. The third-order valence-corrected chi connectivity index (χ3v) is 24.3. The summed E-state index contributed by atoms with van der Waals surface area (Å²) in [6, 6.07) is 0. The molecule has 0 rings (SSSR count). The summed E-state index contributed by atoms with van der Waals surface area (Å²) in [5, 5.41) is 0. The Balaban J connectivity index is -0.000000923. The molecule has 0 spiro atoms. The average molecular weight is 1530 g/mol. The number of unbranched alkanes of at least 4 members (excludes halogenated alkanes) is 78. The maximum absolute atomic E-state index is 2.63. The van der Waals surface area contributed by atoms with E-state index < -0.39 is 0 Å². The van der Waals surface area contributed by atoms with Gasteiger partial charge in [0.1, 0.15) is 0 Å². The zero-order chi connectivity index (χ0) is 72.6. The van der Waals surface area contributed by atoms with Crippen molar-refractivity contribution in [3.8, 4) is 0 Å². The van der Waals surface area contributed by atoms with E-state index in [1.807, 2.05) is 0 Å². The number of nitrogens with zero attached hydrogens (tertiary/aromatic N) is 2. The molecule has 0 aromatic heterocycles. The van der Waals surface area contributed by atoms with Crippen LogP contribution in [0.4, 0.5) is 0 Å². The highest BCUT2D eigenvalue weighted by Gasteiger charge is 2.22. The van der Waals surface area contributed by atoms with Crippen molar-refractivity contribution in [2.24, 2.45) is 0 Å². The molecule has 0 heterocycles. The van der Waals surface area contributed by atoms with Crippen molar-refractivity contribution in [3.63, 3.8) is 0 Å². The summed E-state index contributed by atoms with van der Waals surface area (Å²) < 4.78 is 2.74. The Morgan fingerprint density at radius 3 is 0.235 bits per heavy atom. The van der Waals surface area contributed by atoms with E-state index in [-0.39, 0.29) is 29.4 Å². The van der Waals surface area contributed by atoms with Crippen molar-refractivity contribution in [1.29, 1.82) is 0 Å². The minimum Gasteiger partial charge on any atom is -1.00 e. The van der Waals surface area contributed by atoms with Crippen LogP contribution in [0.25, 0.3) is 0 Å². The first-order valence-electron chi connectivity index (χ1n) is 49.0. The molecule has 0 aromatic carbocycles. The Labute approximate surface area is 668 Å². The van der Waals surface area contributed by atoms with E-state index in [4.69, 9.17) is 0 Å². The minimum atomic E-state index is 0. The highest BCUT2D eigenvalue weighted by Crippen LogP contribution is 2.23. The predicted molar refractivity (Wildman–Crippen MR) is 463 cm³/mol. The van der Waals surface area contributed by atoms with Gasteiger partial charge in [0.15, 0.2) is 0 Å². The van der Waals surface area contributed by atoms with Gasteiger partial charge in [-0.1, -0.05) is 504 Å². The van der Waals surface area contributed by atoms with Gasteiger partial charge in [0, 0.05) is 0 Å². The van der Waals surface area contributed by atoms with Gasteiger partial charge < -0.3 is 38.4 Å². The predicted octanol–water partition coefficient (Wildman–Crippen LogP) is 29.8. The molecular weight excluding hydrogens is 1320 g/mol. The van der Waals surface area contributed by atoms with Crippen LogP contribution in [0.2, 0.25) is 0 Å². The SMILES string of the molecule is CCCCCCCCCCCCCCCC[N+](C)(CCCCCCCCCCCCCCCC)CCCCCCCCCCCCCCCC.CCCCCCCCCCCCCCCC[N+](C)(CCCCCCCCCCCCCCCC)CCCCCCCCCCCCCCCC.[Br-].[Cl-]. The molecule has 102 heavy (non-hydrogen) atoms. The van der Waals surface area contributed by atoms with Crippen molar-refractivity contribution in [2.75, 3.05) is 53.4 Å². The van der Waals surface area contributed by atoms with Crippen molar-refractivity contribution < 1.29 is 38.4 Å². The third-order valence-electron chi connectivity index (χ3n) is 24.3. The van der Waals surface area contributed by atoms with Crippen LogP contribution < -0.4 is 29.4 Å². The van der Waals surface area contributed by atoms with Crippen LogP contribution in [0.3, 0.4) is 0 Å². The van der Waals surface area contributed by atoms with Gasteiger partial charge in [-0.15, -0.1) is 0 Å². The molecule has 0 aliphatic carbocycles. The van der Waals surface area contributed by atoms with Gasteiger partial charge in [-0.3, -0.25) is 0 Å². The Hall–Kier alpha value is 0.690. The molecule has 0 unspecified atom stereocenters. The maximum atomic E-state index is 2.63. The number of hydrogen-bond acceptors (Lipinski definition) is 0. The van der Waals surface area contributed by atoms with E-state index in [2.05, 4.69) is 55.6 Å². The van der Waals surface area contributed by atoms with E-state index in [0.717, 1.165) is 0 Å². The van der Waals surface area contributed by atoms with Gasteiger partial charge in [-0.2, -0.15) is 0 Å². The molecule has 0 aromatic rings. The highest BCUT2D eigenvalue weighted by molar-refractivity contribution is 4.59. The van der Waals surface area contributed by atoms with Crippen LogP contribution in [-0.4, -0.2) is 62.3 Å². The molecule has 0 N–H and O–H groups in total. The molecule has 2 nitrogen and oxygen atoms in total. The minimum absolute atomic E-state index is 0. The molecule has 0 amide bonds. The van der Waals surface area contributed by atoms with Crippen LogP contribution in [0.1, 0.15) is 581 Å². The summed E-state index contributed by atoms with van der Waals surface area (Å²) in [6.07, 6.45) is 123. The number of quaternary nitrogens is 2. The Morgan fingerprint density at radius 1 is 0.108 bits per heavy atom. The summed E-state index contributed by atoms with van der Waals surface area (Å²) in [7, 11) is 5.26. The van der Waals surface area contributed by atoms with E-state index in [1.54, 1.807) is 0 Å². The van der Waals surface area contributed by atoms with Gasteiger partial charge >= 0.3 is 0 Å². The van der Waals surface area contributed by atoms with Crippen LogP contribution in [-0.2, 0) is 0 Å². The molecular formula is C98H204BrClN2. The summed E-state index contributed by atoms with van der Waals surface area (Å²) in [5.74, 6) is 0. The zero-order valence-electron chi connectivity index (χ0n) is 73.3. The zero-order valence-corrected chi connectivity index (χ0v) is 75.6. The van der Waals surface area contributed by atoms with Gasteiger partial charge in [-0.05, 0) is 77.0 Å². The third kappa shape index (κ3) is 94.9. The van der Waals surface area contributed by atoms with Crippen LogP contribution in [0, 0.1) is 0 Å². The monoisotopic (exact) mass is 1520 g/mol. The van der Waals surface area contributed by atoms with Gasteiger partial charge in [-0.25, -0.2) is 0 Å². The molecule has 0 radical (unpaired) electrons. The Kier molecular flexibility index (Phi) is 105. The standard InChI is InChI=1S/2C49H102N.BrH.ClH/c2*1-5-8-11-14-17-20-23-26-29-32-35-38-41-44-47-50(4,48-45-42-39-36-33-30-27-24-21-18-15-12-9-6-2)49-46-43-40-37-34-31-28-25-22-19-16-13-10-7-3;;/h2*5-49H2,1-4H3;2*1H/q2*+1;;/p-2. The molecule has 0 aliphatic heterocycles. The van der Waals surface area contributed by atoms with E-state index in [1.165, 1.54) is 588 Å². The normalized spacial score (nSPS) is 11.8. The molecule has 4 heteroatoms. The fourth-order valence-corrected chi connectivity index (χ4v) is 16.8. The number of rotatable bonds is 90. The second-order valence-corrected chi connectivity index (χ2v) is 35.2. The maximum Gasteiger partial charge on any atom is 0.0784 e. The molecule has 0 fully saturated rings. The van der Waals surface area contributed by atoms with E-state index in [0.29, 0.717) is 0 Å². The fraction of sp³-hybridized carbons (Fsp3) is 1.00.